The van der Waals surface area contributed by atoms with E-state index >= 15 is 0 Å². The maximum Gasteiger partial charge on any atom is 0.0977 e. The lowest BCUT2D eigenvalue weighted by atomic mass is 10.1. The Kier molecular flexibility index (Phi) is 3.06. The third-order valence-corrected chi connectivity index (χ3v) is 3.59. The van der Waals surface area contributed by atoms with Crippen LogP contribution in [0.15, 0.2) is 29.3 Å². The van der Waals surface area contributed by atoms with E-state index in [1.807, 2.05) is 11.8 Å². The molecule has 0 amide bonds. The van der Waals surface area contributed by atoms with Gasteiger partial charge in [0, 0.05) is 23.2 Å². The highest BCUT2D eigenvalue weighted by atomic mass is 79.9. The van der Waals surface area contributed by atoms with Crippen molar-refractivity contribution in [3.8, 4) is 0 Å². The van der Waals surface area contributed by atoms with Crippen LogP contribution in [-0.2, 0) is 5.33 Å². The molecule has 0 aliphatic carbocycles. The number of alkyl halides is 1. The van der Waals surface area contributed by atoms with Gasteiger partial charge in [-0.3, -0.25) is 4.99 Å². The minimum Gasteiger partial charge on any atom is -0.277 e. The zero-order valence-corrected chi connectivity index (χ0v) is 9.57. The molecule has 0 bridgehead atoms. The van der Waals surface area contributed by atoms with Crippen LogP contribution in [0, 0.1) is 0 Å². The first-order valence-electron chi connectivity index (χ1n) is 4.22. The molecule has 1 aromatic rings. The normalized spacial score (nSPS) is 15.9. The molecule has 3 heteroatoms. The van der Waals surface area contributed by atoms with Crippen LogP contribution in [0.1, 0.15) is 11.1 Å². The Hall–Kier alpha value is -0.280. The molecule has 13 heavy (non-hydrogen) atoms. The number of benzene rings is 1. The molecule has 0 saturated heterocycles. The van der Waals surface area contributed by atoms with Gasteiger partial charge in [-0.2, -0.15) is 0 Å². The topological polar surface area (TPSA) is 12.4 Å². The molecule has 0 radical (unpaired) electrons. The minimum atomic E-state index is 0.915. The molecule has 0 spiro atoms. The number of nitrogens with zero attached hydrogens (tertiary/aromatic N) is 1. The molecule has 1 heterocycles. The SMILES string of the molecule is BrCc1cccc(C2=NCCS2)c1. The Morgan fingerprint density at radius 1 is 1.46 bits per heavy atom. The van der Waals surface area contributed by atoms with Crippen LogP contribution in [0.25, 0.3) is 0 Å². The van der Waals surface area contributed by atoms with Crippen molar-refractivity contribution in [1.82, 2.24) is 0 Å². The Labute approximate surface area is 90.8 Å². The number of aliphatic imine (C=N–C) groups is 1. The van der Waals surface area contributed by atoms with E-state index < -0.39 is 0 Å². The van der Waals surface area contributed by atoms with E-state index in [0.717, 1.165) is 17.6 Å². The highest BCUT2D eigenvalue weighted by Gasteiger charge is 2.09. The van der Waals surface area contributed by atoms with Gasteiger partial charge < -0.3 is 0 Å². The predicted molar refractivity (Wildman–Crippen MR) is 62.9 cm³/mol. The first kappa shape index (κ1) is 9.28. The van der Waals surface area contributed by atoms with E-state index in [2.05, 4.69) is 45.2 Å². The van der Waals surface area contributed by atoms with Crippen molar-refractivity contribution >= 4 is 32.7 Å². The molecule has 1 aromatic carbocycles. The molecule has 2 rings (SSSR count). The molecule has 68 valence electrons. The van der Waals surface area contributed by atoms with E-state index in [9.17, 15) is 0 Å². The van der Waals surface area contributed by atoms with Gasteiger partial charge in [-0.15, -0.1) is 11.8 Å². The third kappa shape index (κ3) is 2.15. The van der Waals surface area contributed by atoms with Gasteiger partial charge in [0.15, 0.2) is 0 Å². The summed E-state index contributed by atoms with van der Waals surface area (Å²) in [4.78, 5) is 4.45. The molecule has 1 aliphatic heterocycles. The van der Waals surface area contributed by atoms with Crippen molar-refractivity contribution in [2.24, 2.45) is 4.99 Å². The summed E-state index contributed by atoms with van der Waals surface area (Å²) in [5, 5.41) is 2.11. The predicted octanol–water partition coefficient (Wildman–Crippen LogP) is 3.07. The molecule has 0 aromatic heterocycles. The fourth-order valence-electron chi connectivity index (χ4n) is 1.30. The number of rotatable bonds is 2. The van der Waals surface area contributed by atoms with Gasteiger partial charge in [0.25, 0.3) is 0 Å². The van der Waals surface area contributed by atoms with Crippen LogP contribution in [0.4, 0.5) is 0 Å². The molecule has 1 aliphatic rings. The van der Waals surface area contributed by atoms with E-state index in [1.165, 1.54) is 16.2 Å². The van der Waals surface area contributed by atoms with Crippen molar-refractivity contribution < 1.29 is 0 Å². The number of hydrogen-bond donors (Lipinski definition) is 0. The zero-order chi connectivity index (χ0) is 9.10. The molecule has 0 saturated carbocycles. The van der Waals surface area contributed by atoms with Gasteiger partial charge in [0.2, 0.25) is 0 Å². The summed E-state index contributed by atoms with van der Waals surface area (Å²) in [7, 11) is 0. The smallest absolute Gasteiger partial charge is 0.0977 e. The van der Waals surface area contributed by atoms with Gasteiger partial charge in [0.1, 0.15) is 0 Å². The van der Waals surface area contributed by atoms with Crippen molar-refractivity contribution in [1.29, 1.82) is 0 Å². The summed E-state index contributed by atoms with van der Waals surface area (Å²) >= 11 is 5.30. The summed E-state index contributed by atoms with van der Waals surface area (Å²) in [5.41, 5.74) is 2.58. The van der Waals surface area contributed by atoms with Gasteiger partial charge in [0.05, 0.1) is 5.04 Å². The first-order valence-corrected chi connectivity index (χ1v) is 6.33. The Bertz CT molecular complexity index is 335. The lowest BCUT2D eigenvalue weighted by molar-refractivity contribution is 1.17. The summed E-state index contributed by atoms with van der Waals surface area (Å²) < 4.78 is 0. The van der Waals surface area contributed by atoms with Crippen LogP contribution in [0.5, 0.6) is 0 Å². The molecular weight excluding hydrogens is 246 g/mol. The fourth-order valence-corrected chi connectivity index (χ4v) is 2.50. The van der Waals surface area contributed by atoms with E-state index in [-0.39, 0.29) is 0 Å². The second-order valence-corrected chi connectivity index (χ2v) is 4.51. The summed E-state index contributed by atoms with van der Waals surface area (Å²) in [6.45, 7) is 0.971. The Morgan fingerprint density at radius 3 is 3.08 bits per heavy atom. The van der Waals surface area contributed by atoms with Crippen molar-refractivity contribution in [3.63, 3.8) is 0 Å². The molecular formula is C10H10BrNS. The van der Waals surface area contributed by atoms with Gasteiger partial charge >= 0.3 is 0 Å². The molecule has 0 atom stereocenters. The van der Waals surface area contributed by atoms with Crippen LogP contribution < -0.4 is 0 Å². The van der Waals surface area contributed by atoms with Crippen molar-refractivity contribution in [2.75, 3.05) is 12.3 Å². The van der Waals surface area contributed by atoms with Crippen LogP contribution in [-0.4, -0.2) is 17.3 Å². The summed E-state index contributed by atoms with van der Waals surface area (Å²) in [6, 6.07) is 8.54. The zero-order valence-electron chi connectivity index (χ0n) is 7.16. The van der Waals surface area contributed by atoms with Gasteiger partial charge in [-0.05, 0) is 11.6 Å². The average molecular weight is 256 g/mol. The fraction of sp³-hybridized carbons (Fsp3) is 0.300. The number of thioether (sulfide) groups is 1. The maximum absolute atomic E-state index is 4.45. The standard InChI is InChI=1S/C10H10BrNS/c11-7-8-2-1-3-9(6-8)10-12-4-5-13-10/h1-3,6H,4-5,7H2. The number of halogens is 1. The number of hydrogen-bond acceptors (Lipinski definition) is 2. The summed E-state index contributed by atoms with van der Waals surface area (Å²) in [5.74, 6) is 1.13. The first-order chi connectivity index (χ1) is 6.40. The lowest BCUT2D eigenvalue weighted by Gasteiger charge is -2.01. The Morgan fingerprint density at radius 2 is 2.38 bits per heavy atom. The highest BCUT2D eigenvalue weighted by molar-refractivity contribution is 9.08. The monoisotopic (exact) mass is 255 g/mol. The van der Waals surface area contributed by atoms with Gasteiger partial charge in [-0.25, -0.2) is 0 Å². The van der Waals surface area contributed by atoms with Crippen molar-refractivity contribution in [3.05, 3.63) is 35.4 Å². The second-order valence-electron chi connectivity index (χ2n) is 2.87. The molecule has 0 N–H and O–H groups in total. The van der Waals surface area contributed by atoms with Crippen LogP contribution >= 0.6 is 27.7 Å². The lowest BCUT2D eigenvalue weighted by Crippen LogP contribution is -1.92. The molecule has 0 fully saturated rings. The van der Waals surface area contributed by atoms with E-state index in [1.54, 1.807) is 0 Å². The highest BCUT2D eigenvalue weighted by Crippen LogP contribution is 2.20. The van der Waals surface area contributed by atoms with Crippen LogP contribution in [0.2, 0.25) is 0 Å². The van der Waals surface area contributed by atoms with E-state index in [4.69, 9.17) is 0 Å². The molecule has 1 nitrogen and oxygen atoms in total. The quantitative estimate of drug-likeness (QED) is 0.741. The minimum absolute atomic E-state index is 0.915. The van der Waals surface area contributed by atoms with E-state index in [0.29, 0.717) is 0 Å². The largest absolute Gasteiger partial charge is 0.277 e. The van der Waals surface area contributed by atoms with Gasteiger partial charge in [-0.1, -0.05) is 34.1 Å². The summed E-state index contributed by atoms with van der Waals surface area (Å²) in [6.07, 6.45) is 0. The third-order valence-electron chi connectivity index (χ3n) is 1.91. The maximum atomic E-state index is 4.45. The van der Waals surface area contributed by atoms with Crippen LogP contribution in [0.3, 0.4) is 0 Å². The Balaban J connectivity index is 2.29. The van der Waals surface area contributed by atoms with Crippen molar-refractivity contribution in [2.45, 2.75) is 5.33 Å². The average Bonchev–Trinajstić information content (AvgIpc) is 2.71. The molecule has 0 unspecified atom stereocenters. The second kappa shape index (κ2) is 4.29.